The number of aryl methyl sites for hydroxylation is 1. The number of nitrogens with one attached hydrogen (secondary N) is 1. The molecule has 132 valence electrons. The molecule has 2 aliphatic heterocycles. The molecule has 6 heteroatoms. The van der Waals surface area contributed by atoms with Gasteiger partial charge in [-0.1, -0.05) is 6.07 Å². The van der Waals surface area contributed by atoms with Gasteiger partial charge in [0, 0.05) is 31.4 Å². The minimum Gasteiger partial charge on any atom is -0.486 e. The molecule has 0 radical (unpaired) electrons. The number of ether oxygens (including phenoxy) is 2. The number of amides is 1. The number of carbonyl (C=O) groups is 1. The highest BCUT2D eigenvalue weighted by atomic mass is 16.6. The Kier molecular flexibility index (Phi) is 3.90. The fourth-order valence-corrected chi connectivity index (χ4v) is 3.41. The third-order valence-electron chi connectivity index (χ3n) is 5.10. The smallest absolute Gasteiger partial charge is 0.230 e. The summed E-state index contributed by atoms with van der Waals surface area (Å²) >= 11 is 0. The van der Waals surface area contributed by atoms with Crippen LogP contribution in [-0.4, -0.2) is 34.7 Å². The van der Waals surface area contributed by atoms with Crippen LogP contribution in [0.1, 0.15) is 31.7 Å². The van der Waals surface area contributed by atoms with Gasteiger partial charge in [-0.15, -0.1) is 0 Å². The number of carbonyl (C=O) groups excluding carboxylic acids is 1. The van der Waals surface area contributed by atoms with Gasteiger partial charge < -0.3 is 19.4 Å². The first-order valence-corrected chi connectivity index (χ1v) is 8.75. The minimum absolute atomic E-state index is 0.0257. The maximum absolute atomic E-state index is 12.9. The van der Waals surface area contributed by atoms with E-state index < -0.39 is 5.41 Å². The number of benzene rings is 1. The Morgan fingerprint density at radius 1 is 1.28 bits per heavy atom. The highest BCUT2D eigenvalue weighted by molar-refractivity contribution is 5.87. The van der Waals surface area contributed by atoms with Gasteiger partial charge in [0.25, 0.3) is 0 Å². The second kappa shape index (κ2) is 6.10. The zero-order valence-electron chi connectivity index (χ0n) is 14.6. The van der Waals surface area contributed by atoms with Gasteiger partial charge >= 0.3 is 0 Å². The molecule has 1 aromatic carbocycles. The van der Waals surface area contributed by atoms with Crippen molar-refractivity contribution in [1.29, 1.82) is 0 Å². The number of hydrogen-bond donors (Lipinski definition) is 1. The molecular weight excluding hydrogens is 318 g/mol. The third-order valence-corrected chi connectivity index (χ3v) is 5.10. The Morgan fingerprint density at radius 2 is 2.08 bits per heavy atom. The Balaban J connectivity index is 1.49. The van der Waals surface area contributed by atoms with Crippen molar-refractivity contribution in [3.63, 3.8) is 0 Å². The monoisotopic (exact) mass is 341 g/mol. The normalized spacial score (nSPS) is 19.2. The molecule has 0 spiro atoms. The van der Waals surface area contributed by atoms with Crippen molar-refractivity contribution in [1.82, 2.24) is 14.9 Å². The molecule has 2 aromatic rings. The van der Waals surface area contributed by atoms with Crippen molar-refractivity contribution in [3.05, 3.63) is 42.0 Å². The van der Waals surface area contributed by atoms with Gasteiger partial charge in [0.05, 0.1) is 5.41 Å². The number of fused-ring (bicyclic) bond motifs is 2. The quantitative estimate of drug-likeness (QED) is 0.928. The molecule has 4 rings (SSSR count). The van der Waals surface area contributed by atoms with E-state index in [1.165, 1.54) is 0 Å². The first kappa shape index (κ1) is 16.0. The van der Waals surface area contributed by atoms with E-state index in [2.05, 4.69) is 14.9 Å². The minimum atomic E-state index is -0.648. The van der Waals surface area contributed by atoms with Gasteiger partial charge in [0.2, 0.25) is 5.91 Å². The molecule has 0 fully saturated rings. The molecule has 1 amide bonds. The van der Waals surface area contributed by atoms with Gasteiger partial charge in [0.1, 0.15) is 19.0 Å². The van der Waals surface area contributed by atoms with Crippen molar-refractivity contribution < 1.29 is 14.3 Å². The van der Waals surface area contributed by atoms with Crippen LogP contribution in [0.2, 0.25) is 0 Å². The first-order chi connectivity index (χ1) is 12.0. The number of rotatable bonds is 3. The molecule has 0 aliphatic carbocycles. The molecule has 0 saturated heterocycles. The predicted octanol–water partition coefficient (Wildman–Crippen LogP) is 2.06. The predicted molar refractivity (Wildman–Crippen MR) is 92.9 cm³/mol. The van der Waals surface area contributed by atoms with E-state index in [1.807, 2.05) is 44.4 Å². The summed E-state index contributed by atoms with van der Waals surface area (Å²) in [5.41, 5.74) is 0.277. The lowest BCUT2D eigenvalue weighted by atomic mass is 9.83. The van der Waals surface area contributed by atoms with E-state index in [0.29, 0.717) is 19.0 Å². The van der Waals surface area contributed by atoms with E-state index in [0.717, 1.165) is 36.5 Å². The number of imidazole rings is 1. The highest BCUT2D eigenvalue weighted by Gasteiger charge is 2.33. The summed E-state index contributed by atoms with van der Waals surface area (Å²) < 4.78 is 13.3. The average molecular weight is 341 g/mol. The third kappa shape index (κ3) is 2.97. The van der Waals surface area contributed by atoms with Crippen molar-refractivity contribution in [2.24, 2.45) is 0 Å². The summed E-state index contributed by atoms with van der Waals surface area (Å²) in [6.07, 6.45) is 5.60. The highest BCUT2D eigenvalue weighted by Crippen LogP contribution is 2.35. The second-order valence-corrected chi connectivity index (χ2v) is 7.19. The topological polar surface area (TPSA) is 65.4 Å². The summed E-state index contributed by atoms with van der Waals surface area (Å²) in [6, 6.07) is 5.88. The molecule has 2 aliphatic rings. The van der Waals surface area contributed by atoms with Gasteiger partial charge in [-0.25, -0.2) is 4.98 Å². The summed E-state index contributed by atoms with van der Waals surface area (Å²) in [4.78, 5) is 17.3. The summed E-state index contributed by atoms with van der Waals surface area (Å²) in [7, 11) is 0. The molecule has 6 nitrogen and oxygen atoms in total. The van der Waals surface area contributed by atoms with Crippen LogP contribution < -0.4 is 14.8 Å². The van der Waals surface area contributed by atoms with Crippen LogP contribution in [0.4, 0.5) is 0 Å². The maximum atomic E-state index is 12.9. The van der Waals surface area contributed by atoms with Gasteiger partial charge in [-0.2, -0.15) is 0 Å². The molecular formula is C19H23N3O3. The van der Waals surface area contributed by atoms with E-state index in [4.69, 9.17) is 9.47 Å². The molecule has 1 atom stereocenters. The molecule has 3 heterocycles. The fraction of sp³-hybridized carbons (Fsp3) is 0.474. The number of aromatic nitrogens is 2. The molecule has 0 unspecified atom stereocenters. The Morgan fingerprint density at radius 3 is 2.92 bits per heavy atom. The zero-order chi connectivity index (χ0) is 17.4. The second-order valence-electron chi connectivity index (χ2n) is 7.19. The fourth-order valence-electron chi connectivity index (χ4n) is 3.41. The van der Waals surface area contributed by atoms with Crippen LogP contribution in [0.5, 0.6) is 11.5 Å². The van der Waals surface area contributed by atoms with Crippen molar-refractivity contribution in [3.8, 4) is 11.5 Å². The average Bonchev–Trinajstić information content (AvgIpc) is 3.09. The Labute approximate surface area is 147 Å². The van der Waals surface area contributed by atoms with Gasteiger partial charge in [-0.05, 0) is 38.0 Å². The Hall–Kier alpha value is -2.50. The van der Waals surface area contributed by atoms with Crippen LogP contribution in [0.3, 0.4) is 0 Å². The summed E-state index contributed by atoms with van der Waals surface area (Å²) in [6.45, 7) is 5.77. The largest absolute Gasteiger partial charge is 0.486 e. The van der Waals surface area contributed by atoms with E-state index in [1.54, 1.807) is 0 Å². The van der Waals surface area contributed by atoms with Crippen LogP contribution in [0.15, 0.2) is 30.6 Å². The van der Waals surface area contributed by atoms with Crippen LogP contribution in [0.25, 0.3) is 0 Å². The van der Waals surface area contributed by atoms with Crippen LogP contribution in [0, 0.1) is 0 Å². The number of nitrogens with zero attached hydrogens (tertiary/aromatic N) is 2. The van der Waals surface area contributed by atoms with E-state index in [-0.39, 0.29) is 11.9 Å². The van der Waals surface area contributed by atoms with Crippen LogP contribution in [-0.2, 0) is 23.2 Å². The molecule has 1 N–H and O–H groups in total. The molecule has 1 aromatic heterocycles. The van der Waals surface area contributed by atoms with E-state index >= 15 is 0 Å². The lowest BCUT2D eigenvalue weighted by Crippen LogP contribution is -2.48. The molecule has 0 saturated carbocycles. The van der Waals surface area contributed by atoms with Crippen molar-refractivity contribution in [2.75, 3.05) is 13.2 Å². The molecule has 25 heavy (non-hydrogen) atoms. The SMILES string of the molecule is CC(C)(C(=O)N[C@@H]1CCc2nccn2C1)c1ccc2c(c1)OCCO2. The van der Waals surface area contributed by atoms with Crippen molar-refractivity contribution in [2.45, 2.75) is 44.7 Å². The maximum Gasteiger partial charge on any atom is 0.230 e. The summed E-state index contributed by atoms with van der Waals surface area (Å²) in [5.74, 6) is 2.57. The molecule has 0 bridgehead atoms. The lowest BCUT2D eigenvalue weighted by molar-refractivity contribution is -0.126. The van der Waals surface area contributed by atoms with Gasteiger partial charge in [0.15, 0.2) is 11.5 Å². The van der Waals surface area contributed by atoms with Crippen molar-refractivity contribution >= 4 is 5.91 Å². The van der Waals surface area contributed by atoms with Crippen LogP contribution >= 0.6 is 0 Å². The number of hydrogen-bond acceptors (Lipinski definition) is 4. The van der Waals surface area contributed by atoms with Gasteiger partial charge in [-0.3, -0.25) is 4.79 Å². The standard InChI is InChI=1S/C19H23N3O3/c1-19(2,13-3-5-15-16(11-13)25-10-9-24-15)18(23)21-14-4-6-17-20-7-8-22(17)12-14/h3,5,7-8,11,14H,4,6,9-10,12H2,1-2H3,(H,21,23)/t14-/m1/s1. The first-order valence-electron chi connectivity index (χ1n) is 8.75. The zero-order valence-corrected chi connectivity index (χ0v) is 14.6. The summed E-state index contributed by atoms with van der Waals surface area (Å²) in [5, 5.41) is 3.21. The Bertz CT molecular complexity index is 797. The lowest BCUT2D eigenvalue weighted by Gasteiger charge is -2.31. The van der Waals surface area contributed by atoms with E-state index in [9.17, 15) is 4.79 Å².